The zero-order chi connectivity index (χ0) is 14.7. The highest BCUT2D eigenvalue weighted by Gasteiger charge is 2.22. The third kappa shape index (κ3) is 2.52. The van der Waals surface area contributed by atoms with Crippen LogP contribution in [0.25, 0.3) is 10.9 Å². The van der Waals surface area contributed by atoms with Gasteiger partial charge in [-0.05, 0) is 30.0 Å². The van der Waals surface area contributed by atoms with E-state index in [1.165, 1.54) is 7.11 Å². The van der Waals surface area contributed by atoms with Crippen molar-refractivity contribution in [2.75, 3.05) is 14.2 Å². The van der Waals surface area contributed by atoms with E-state index < -0.39 is 11.9 Å². The summed E-state index contributed by atoms with van der Waals surface area (Å²) in [4.78, 5) is 26.7. The number of esters is 1. The van der Waals surface area contributed by atoms with E-state index in [0.717, 1.165) is 5.39 Å². The van der Waals surface area contributed by atoms with Crippen LogP contribution in [0.5, 0.6) is 5.75 Å². The molecule has 0 amide bonds. The predicted molar refractivity (Wildman–Crippen MR) is 76.2 cm³/mol. The van der Waals surface area contributed by atoms with E-state index in [1.54, 1.807) is 19.2 Å². The molecule has 2 aromatic rings. The number of benzene rings is 1. The third-order valence-corrected chi connectivity index (χ3v) is 3.35. The number of carbonyl (C=O) groups is 1. The van der Waals surface area contributed by atoms with Gasteiger partial charge in [0.1, 0.15) is 5.75 Å². The summed E-state index contributed by atoms with van der Waals surface area (Å²) >= 11 is 0. The molecule has 0 bridgehead atoms. The maximum Gasteiger partial charge on any atom is 0.313 e. The highest BCUT2D eigenvalue weighted by atomic mass is 16.5. The van der Waals surface area contributed by atoms with Gasteiger partial charge in [0.25, 0.3) is 5.56 Å². The van der Waals surface area contributed by atoms with E-state index in [0.29, 0.717) is 23.3 Å². The lowest BCUT2D eigenvalue weighted by Gasteiger charge is -2.12. The van der Waals surface area contributed by atoms with Crippen molar-refractivity contribution in [3.05, 3.63) is 40.2 Å². The molecule has 106 valence electrons. The van der Waals surface area contributed by atoms with E-state index in [2.05, 4.69) is 4.98 Å². The number of pyridine rings is 1. The summed E-state index contributed by atoms with van der Waals surface area (Å²) in [7, 11) is 2.89. The first-order valence-electron chi connectivity index (χ1n) is 6.39. The number of carbonyl (C=O) groups excluding carboxylic acids is 1. The van der Waals surface area contributed by atoms with Crippen LogP contribution in [-0.4, -0.2) is 25.2 Å². The largest absolute Gasteiger partial charge is 0.497 e. The molecule has 2 rings (SSSR count). The lowest BCUT2D eigenvalue weighted by atomic mass is 9.96. The second-order valence-corrected chi connectivity index (χ2v) is 4.49. The maximum atomic E-state index is 12.1. The van der Waals surface area contributed by atoms with Gasteiger partial charge < -0.3 is 14.5 Å². The number of hydrogen-bond donors (Lipinski definition) is 1. The van der Waals surface area contributed by atoms with Crippen LogP contribution >= 0.6 is 0 Å². The van der Waals surface area contributed by atoms with Crippen LogP contribution in [0.4, 0.5) is 0 Å². The van der Waals surface area contributed by atoms with Crippen LogP contribution in [0.3, 0.4) is 0 Å². The standard InChI is InChI=1S/C15H17NO4/c1-4-11(15(18)20-3)12-7-9-5-6-10(19-2)8-13(9)16-14(12)17/h5-8,11H,4H2,1-3H3,(H,16,17). The Morgan fingerprint density at radius 1 is 1.30 bits per heavy atom. The molecule has 0 spiro atoms. The fourth-order valence-electron chi connectivity index (χ4n) is 2.24. The Hall–Kier alpha value is -2.30. The molecule has 5 nitrogen and oxygen atoms in total. The van der Waals surface area contributed by atoms with Gasteiger partial charge in [0.2, 0.25) is 0 Å². The Balaban J connectivity index is 2.58. The summed E-state index contributed by atoms with van der Waals surface area (Å²) in [6.07, 6.45) is 0.511. The zero-order valence-electron chi connectivity index (χ0n) is 11.7. The third-order valence-electron chi connectivity index (χ3n) is 3.35. The average molecular weight is 275 g/mol. The average Bonchev–Trinajstić information content (AvgIpc) is 2.47. The van der Waals surface area contributed by atoms with E-state index in [9.17, 15) is 9.59 Å². The van der Waals surface area contributed by atoms with Gasteiger partial charge in [0.05, 0.1) is 25.7 Å². The number of methoxy groups -OCH3 is 2. The minimum Gasteiger partial charge on any atom is -0.497 e. The molecule has 0 aliphatic rings. The quantitative estimate of drug-likeness (QED) is 0.869. The van der Waals surface area contributed by atoms with E-state index in [4.69, 9.17) is 9.47 Å². The molecule has 1 N–H and O–H groups in total. The number of H-pyrrole nitrogens is 1. The van der Waals surface area contributed by atoms with Gasteiger partial charge in [-0.3, -0.25) is 9.59 Å². The molecule has 20 heavy (non-hydrogen) atoms. The molecule has 1 atom stereocenters. The first-order chi connectivity index (χ1) is 9.60. The highest BCUT2D eigenvalue weighted by molar-refractivity contribution is 5.83. The van der Waals surface area contributed by atoms with Gasteiger partial charge in [-0.1, -0.05) is 6.92 Å². The van der Waals surface area contributed by atoms with Gasteiger partial charge in [0.15, 0.2) is 0 Å². The topological polar surface area (TPSA) is 68.4 Å². The van der Waals surface area contributed by atoms with Gasteiger partial charge in [0, 0.05) is 11.6 Å². The first kappa shape index (κ1) is 14.1. The van der Waals surface area contributed by atoms with Crippen LogP contribution in [0.15, 0.2) is 29.1 Å². The van der Waals surface area contributed by atoms with Crippen molar-refractivity contribution in [2.24, 2.45) is 0 Å². The monoisotopic (exact) mass is 275 g/mol. The van der Waals surface area contributed by atoms with Crippen LogP contribution in [0, 0.1) is 0 Å². The van der Waals surface area contributed by atoms with E-state index in [1.807, 2.05) is 19.1 Å². The Morgan fingerprint density at radius 2 is 2.05 bits per heavy atom. The summed E-state index contributed by atoms with van der Waals surface area (Å²) in [6, 6.07) is 7.14. The number of fused-ring (bicyclic) bond motifs is 1. The zero-order valence-corrected chi connectivity index (χ0v) is 11.7. The molecular formula is C15H17NO4. The number of aromatic nitrogens is 1. The Morgan fingerprint density at radius 3 is 2.65 bits per heavy atom. The number of ether oxygens (including phenoxy) is 2. The molecule has 5 heteroatoms. The minimum atomic E-state index is -0.546. The maximum absolute atomic E-state index is 12.1. The predicted octanol–water partition coefficient (Wildman–Crippen LogP) is 2.20. The van der Waals surface area contributed by atoms with Crippen molar-refractivity contribution in [1.82, 2.24) is 4.98 Å². The van der Waals surface area contributed by atoms with Gasteiger partial charge in [-0.2, -0.15) is 0 Å². The van der Waals surface area contributed by atoms with Crippen molar-refractivity contribution >= 4 is 16.9 Å². The molecule has 0 saturated carbocycles. The highest BCUT2D eigenvalue weighted by Crippen LogP contribution is 2.23. The second-order valence-electron chi connectivity index (χ2n) is 4.49. The molecule has 1 heterocycles. The van der Waals surface area contributed by atoms with Crippen molar-refractivity contribution in [3.63, 3.8) is 0 Å². The SMILES string of the molecule is CCC(C(=O)OC)c1cc2ccc(OC)cc2[nH]c1=O. The van der Waals surface area contributed by atoms with Crippen molar-refractivity contribution in [2.45, 2.75) is 19.3 Å². The Kier molecular flexibility index (Phi) is 4.08. The molecule has 0 radical (unpaired) electrons. The summed E-state index contributed by atoms with van der Waals surface area (Å²) in [6.45, 7) is 1.85. The van der Waals surface area contributed by atoms with Crippen molar-refractivity contribution in [3.8, 4) is 5.75 Å². The second kappa shape index (κ2) is 5.77. The van der Waals surface area contributed by atoms with Gasteiger partial charge in [-0.25, -0.2) is 0 Å². The smallest absolute Gasteiger partial charge is 0.313 e. The first-order valence-corrected chi connectivity index (χ1v) is 6.39. The van der Waals surface area contributed by atoms with Crippen LogP contribution in [0.1, 0.15) is 24.8 Å². The molecule has 1 unspecified atom stereocenters. The normalized spacial score (nSPS) is 12.2. The molecular weight excluding hydrogens is 258 g/mol. The van der Waals surface area contributed by atoms with Gasteiger partial charge >= 0.3 is 5.97 Å². The number of nitrogens with one attached hydrogen (secondary N) is 1. The van der Waals surface area contributed by atoms with E-state index in [-0.39, 0.29) is 5.56 Å². The molecule has 0 aliphatic carbocycles. The molecule has 1 aromatic heterocycles. The van der Waals surface area contributed by atoms with Crippen LogP contribution in [0.2, 0.25) is 0 Å². The van der Waals surface area contributed by atoms with Crippen LogP contribution < -0.4 is 10.3 Å². The summed E-state index contributed by atoms with van der Waals surface area (Å²) in [5.41, 5.74) is 0.831. The fraction of sp³-hybridized carbons (Fsp3) is 0.333. The van der Waals surface area contributed by atoms with Crippen LogP contribution in [-0.2, 0) is 9.53 Å². The molecule has 0 aliphatic heterocycles. The number of hydrogen-bond acceptors (Lipinski definition) is 4. The fourth-order valence-corrected chi connectivity index (χ4v) is 2.24. The number of aromatic amines is 1. The molecule has 0 saturated heterocycles. The summed E-state index contributed by atoms with van der Waals surface area (Å²) in [5, 5.41) is 0.850. The molecule has 0 fully saturated rings. The Labute approximate surface area is 116 Å². The Bertz CT molecular complexity index is 690. The molecule has 1 aromatic carbocycles. The summed E-state index contributed by atoms with van der Waals surface area (Å²) < 4.78 is 9.87. The summed E-state index contributed by atoms with van der Waals surface area (Å²) in [5.74, 6) is -0.276. The lowest BCUT2D eigenvalue weighted by Crippen LogP contribution is -2.22. The van der Waals surface area contributed by atoms with Gasteiger partial charge in [-0.15, -0.1) is 0 Å². The minimum absolute atomic E-state index is 0.275. The van der Waals surface area contributed by atoms with E-state index >= 15 is 0 Å². The number of rotatable bonds is 4. The van der Waals surface area contributed by atoms with Crippen molar-refractivity contribution in [1.29, 1.82) is 0 Å². The van der Waals surface area contributed by atoms with Crippen molar-refractivity contribution < 1.29 is 14.3 Å². The lowest BCUT2D eigenvalue weighted by molar-refractivity contribution is -0.142.